The Morgan fingerprint density at radius 2 is 1.86 bits per heavy atom. The highest BCUT2D eigenvalue weighted by molar-refractivity contribution is 5.81. The number of benzene rings is 2. The number of halogens is 1. The molecule has 1 aliphatic rings. The molecule has 28 heavy (non-hydrogen) atoms. The van der Waals surface area contributed by atoms with E-state index in [1.165, 1.54) is 17.7 Å². The van der Waals surface area contributed by atoms with Crippen LogP contribution >= 0.6 is 0 Å². The van der Waals surface area contributed by atoms with Crippen molar-refractivity contribution in [2.75, 3.05) is 13.2 Å². The van der Waals surface area contributed by atoms with Gasteiger partial charge in [-0.25, -0.2) is 4.39 Å². The van der Waals surface area contributed by atoms with Crippen LogP contribution in [0.2, 0.25) is 0 Å². The van der Waals surface area contributed by atoms with Crippen molar-refractivity contribution in [2.24, 2.45) is 0 Å². The minimum absolute atomic E-state index is 0.00494. The van der Waals surface area contributed by atoms with Crippen molar-refractivity contribution in [1.29, 1.82) is 0 Å². The first-order valence-electron chi connectivity index (χ1n) is 10.0. The zero-order valence-electron chi connectivity index (χ0n) is 16.8. The maximum atomic E-state index is 13.1. The lowest BCUT2D eigenvalue weighted by molar-refractivity contribution is -0.126. The van der Waals surface area contributed by atoms with Gasteiger partial charge >= 0.3 is 0 Å². The van der Waals surface area contributed by atoms with Gasteiger partial charge in [0.15, 0.2) is 0 Å². The summed E-state index contributed by atoms with van der Waals surface area (Å²) >= 11 is 0. The Bertz CT molecular complexity index is 776. The van der Waals surface area contributed by atoms with Crippen LogP contribution in [0.15, 0.2) is 48.5 Å². The molecule has 4 nitrogen and oxygen atoms in total. The molecule has 0 radical (unpaired) electrons. The molecule has 0 saturated carbocycles. The van der Waals surface area contributed by atoms with Crippen LogP contribution in [0.1, 0.15) is 56.8 Å². The average molecular weight is 384 g/mol. The molecule has 2 aromatic carbocycles. The summed E-state index contributed by atoms with van der Waals surface area (Å²) < 4.78 is 18.6. The summed E-state index contributed by atoms with van der Waals surface area (Å²) in [6.07, 6.45) is 2.11. The second kappa shape index (κ2) is 9.20. The number of carbonyl (C=O) groups excluding carboxylic acids is 1. The van der Waals surface area contributed by atoms with E-state index in [-0.39, 0.29) is 29.8 Å². The van der Waals surface area contributed by atoms with Crippen molar-refractivity contribution in [3.63, 3.8) is 0 Å². The van der Waals surface area contributed by atoms with E-state index < -0.39 is 0 Å². The first kappa shape index (κ1) is 20.3. The number of amides is 1. The van der Waals surface area contributed by atoms with Crippen LogP contribution in [-0.2, 0) is 4.79 Å². The second-order valence-corrected chi connectivity index (χ2v) is 7.36. The Morgan fingerprint density at radius 1 is 1.18 bits per heavy atom. The first-order valence-corrected chi connectivity index (χ1v) is 10.0. The van der Waals surface area contributed by atoms with Crippen LogP contribution in [0, 0.1) is 5.82 Å². The molecule has 2 aromatic rings. The summed E-state index contributed by atoms with van der Waals surface area (Å²) in [5.41, 5.74) is 2.11. The van der Waals surface area contributed by atoms with Gasteiger partial charge in [0.25, 0.3) is 0 Å². The number of hydrogen-bond acceptors (Lipinski definition) is 3. The normalized spacial score (nSPS) is 19.2. The third-order valence-electron chi connectivity index (χ3n) is 5.48. The zero-order chi connectivity index (χ0) is 20.1. The van der Waals surface area contributed by atoms with Gasteiger partial charge in [-0.05, 0) is 75.5 Å². The van der Waals surface area contributed by atoms with Crippen LogP contribution in [-0.4, -0.2) is 30.0 Å². The fraction of sp³-hybridized carbons (Fsp3) is 0.435. The van der Waals surface area contributed by atoms with Gasteiger partial charge in [-0.1, -0.05) is 24.3 Å². The van der Waals surface area contributed by atoms with E-state index in [0.29, 0.717) is 6.61 Å². The molecule has 1 fully saturated rings. The molecular formula is C23H29FN2O2. The number of ether oxygens (including phenoxy) is 1. The molecule has 5 heteroatoms. The van der Waals surface area contributed by atoms with E-state index in [4.69, 9.17) is 4.74 Å². The standard InChI is InChI=1S/C23H29FN2O2/c1-4-28-21-13-9-19(10-14-21)22-6-5-15-26(22)17(3)23(27)25-16(2)18-7-11-20(24)12-8-18/h7-14,16-17,22H,4-6,15H2,1-3H3,(H,25,27)/t16-,17-,22+/m1/s1. The lowest BCUT2D eigenvalue weighted by atomic mass is 10.0. The van der Waals surface area contributed by atoms with E-state index in [2.05, 4.69) is 22.3 Å². The average Bonchev–Trinajstić information content (AvgIpc) is 3.18. The van der Waals surface area contributed by atoms with Crippen molar-refractivity contribution >= 4 is 5.91 Å². The number of nitrogens with zero attached hydrogens (tertiary/aromatic N) is 1. The smallest absolute Gasteiger partial charge is 0.237 e. The van der Waals surface area contributed by atoms with Crippen LogP contribution in [0.5, 0.6) is 5.75 Å². The van der Waals surface area contributed by atoms with Gasteiger partial charge in [-0.3, -0.25) is 9.69 Å². The topological polar surface area (TPSA) is 41.6 Å². The van der Waals surface area contributed by atoms with E-state index in [9.17, 15) is 9.18 Å². The fourth-order valence-electron chi connectivity index (χ4n) is 3.88. The number of likely N-dealkylation sites (tertiary alicyclic amines) is 1. The van der Waals surface area contributed by atoms with Gasteiger partial charge < -0.3 is 10.1 Å². The third-order valence-corrected chi connectivity index (χ3v) is 5.48. The second-order valence-electron chi connectivity index (χ2n) is 7.36. The molecule has 150 valence electrons. The Hall–Kier alpha value is -2.40. The van der Waals surface area contributed by atoms with Gasteiger partial charge in [0, 0.05) is 6.04 Å². The maximum absolute atomic E-state index is 13.1. The molecule has 1 N–H and O–H groups in total. The minimum Gasteiger partial charge on any atom is -0.494 e. The highest BCUT2D eigenvalue weighted by Crippen LogP contribution is 2.34. The Kier molecular flexibility index (Phi) is 6.68. The van der Waals surface area contributed by atoms with E-state index >= 15 is 0 Å². The SMILES string of the molecule is CCOc1ccc([C@@H]2CCCN2[C@H](C)C(=O)N[C@H](C)c2ccc(F)cc2)cc1. The Labute approximate surface area is 166 Å². The summed E-state index contributed by atoms with van der Waals surface area (Å²) in [6.45, 7) is 7.40. The lowest BCUT2D eigenvalue weighted by Crippen LogP contribution is -2.45. The van der Waals surface area contributed by atoms with Crippen molar-refractivity contribution in [3.8, 4) is 5.75 Å². The van der Waals surface area contributed by atoms with Gasteiger partial charge in [0.05, 0.1) is 18.7 Å². The van der Waals surface area contributed by atoms with Gasteiger partial charge in [-0.15, -0.1) is 0 Å². The Morgan fingerprint density at radius 3 is 2.50 bits per heavy atom. The van der Waals surface area contributed by atoms with Gasteiger partial charge in [-0.2, -0.15) is 0 Å². The van der Waals surface area contributed by atoms with Gasteiger partial charge in [0.2, 0.25) is 5.91 Å². The largest absolute Gasteiger partial charge is 0.494 e. The van der Waals surface area contributed by atoms with E-state index in [1.807, 2.05) is 32.9 Å². The molecule has 1 heterocycles. The van der Waals surface area contributed by atoms with Crippen molar-refractivity contribution in [1.82, 2.24) is 10.2 Å². The minimum atomic E-state index is -0.272. The molecule has 1 amide bonds. The molecule has 0 bridgehead atoms. The van der Waals surface area contributed by atoms with Crippen LogP contribution in [0.25, 0.3) is 0 Å². The molecule has 3 rings (SSSR count). The van der Waals surface area contributed by atoms with Gasteiger partial charge in [0.1, 0.15) is 11.6 Å². The van der Waals surface area contributed by atoms with Crippen molar-refractivity contribution in [2.45, 2.75) is 51.7 Å². The predicted molar refractivity (Wildman–Crippen MR) is 109 cm³/mol. The molecule has 1 aliphatic heterocycles. The molecule has 0 aromatic heterocycles. The van der Waals surface area contributed by atoms with Crippen molar-refractivity contribution in [3.05, 3.63) is 65.5 Å². The summed E-state index contributed by atoms with van der Waals surface area (Å²) in [4.78, 5) is 15.1. The molecule has 0 spiro atoms. The van der Waals surface area contributed by atoms with E-state index in [1.54, 1.807) is 12.1 Å². The lowest BCUT2D eigenvalue weighted by Gasteiger charge is -2.31. The molecule has 0 unspecified atom stereocenters. The predicted octanol–water partition coefficient (Wildman–Crippen LogP) is 4.63. The first-order chi connectivity index (χ1) is 13.5. The number of rotatable bonds is 7. The third kappa shape index (κ3) is 4.71. The monoisotopic (exact) mass is 384 g/mol. The van der Waals surface area contributed by atoms with Crippen LogP contribution in [0.4, 0.5) is 4.39 Å². The fourth-order valence-corrected chi connectivity index (χ4v) is 3.88. The maximum Gasteiger partial charge on any atom is 0.237 e. The molecule has 3 atom stereocenters. The van der Waals surface area contributed by atoms with E-state index in [0.717, 1.165) is 30.7 Å². The van der Waals surface area contributed by atoms with Crippen LogP contribution < -0.4 is 10.1 Å². The summed E-state index contributed by atoms with van der Waals surface area (Å²) in [5, 5.41) is 3.07. The number of nitrogens with one attached hydrogen (secondary N) is 1. The molecular weight excluding hydrogens is 355 g/mol. The summed E-state index contributed by atoms with van der Waals surface area (Å²) in [6, 6.07) is 14.3. The quantitative estimate of drug-likeness (QED) is 0.757. The number of hydrogen-bond donors (Lipinski definition) is 1. The summed E-state index contributed by atoms with van der Waals surface area (Å²) in [7, 11) is 0. The number of carbonyl (C=O) groups is 1. The highest BCUT2D eigenvalue weighted by atomic mass is 19.1. The summed E-state index contributed by atoms with van der Waals surface area (Å²) in [5.74, 6) is 0.593. The molecule has 0 aliphatic carbocycles. The Balaban J connectivity index is 1.65. The zero-order valence-corrected chi connectivity index (χ0v) is 16.8. The van der Waals surface area contributed by atoms with Crippen LogP contribution in [0.3, 0.4) is 0 Å². The highest BCUT2D eigenvalue weighted by Gasteiger charge is 2.33. The van der Waals surface area contributed by atoms with Crippen molar-refractivity contribution < 1.29 is 13.9 Å². The molecule has 1 saturated heterocycles.